The van der Waals surface area contributed by atoms with Crippen LogP contribution in [0.4, 0.5) is 5.69 Å². The van der Waals surface area contributed by atoms with Crippen molar-refractivity contribution >= 4 is 5.69 Å². The number of nitrogens with zero attached hydrogens (tertiary/aromatic N) is 1. The molecule has 2 N–H and O–H groups in total. The summed E-state index contributed by atoms with van der Waals surface area (Å²) in [6.45, 7) is 5.56. The molecule has 0 saturated carbocycles. The van der Waals surface area contributed by atoms with Gasteiger partial charge < -0.3 is 0 Å². The van der Waals surface area contributed by atoms with Crippen molar-refractivity contribution in [3.63, 3.8) is 0 Å². The lowest BCUT2D eigenvalue weighted by molar-refractivity contribution is 0.0287. The van der Waals surface area contributed by atoms with Crippen LogP contribution in [0.5, 0.6) is 0 Å². The van der Waals surface area contributed by atoms with Crippen molar-refractivity contribution in [1.82, 2.24) is 0 Å². The smallest absolute Gasteiger partial charge is 0.0978 e. The molecule has 1 rings (SSSR count). The third-order valence-electron chi connectivity index (χ3n) is 1.81. The minimum Gasteiger partial charge on any atom is -0.264 e. The number of rotatable bonds is 3. The largest absolute Gasteiger partial charge is 0.264 e. The lowest BCUT2D eigenvalue weighted by Crippen LogP contribution is -2.13. The molecule has 0 bridgehead atoms. The SMILES string of the molecule is C=CCc1cc(C)ccc1N(O)O. The van der Waals surface area contributed by atoms with Crippen molar-refractivity contribution in [1.29, 1.82) is 0 Å². The van der Waals surface area contributed by atoms with E-state index in [1.807, 2.05) is 19.1 Å². The molecule has 1 aromatic carbocycles. The molecule has 70 valence electrons. The Balaban J connectivity index is 3.10. The van der Waals surface area contributed by atoms with Crippen LogP contribution in [0.25, 0.3) is 0 Å². The monoisotopic (exact) mass is 179 g/mol. The summed E-state index contributed by atoms with van der Waals surface area (Å²) in [4.78, 5) is 0. The molecule has 3 nitrogen and oxygen atoms in total. The van der Waals surface area contributed by atoms with Gasteiger partial charge in [-0.05, 0) is 25.0 Å². The Morgan fingerprint density at radius 3 is 2.69 bits per heavy atom. The van der Waals surface area contributed by atoms with Crippen LogP contribution in [-0.4, -0.2) is 10.4 Å². The second-order valence-electron chi connectivity index (χ2n) is 2.91. The van der Waals surface area contributed by atoms with E-state index >= 15 is 0 Å². The summed E-state index contributed by atoms with van der Waals surface area (Å²) in [5.41, 5.74) is 2.33. The summed E-state index contributed by atoms with van der Waals surface area (Å²) in [5.74, 6) is 0. The van der Waals surface area contributed by atoms with E-state index in [1.54, 1.807) is 12.1 Å². The Morgan fingerprint density at radius 2 is 2.15 bits per heavy atom. The molecule has 0 aliphatic rings. The predicted molar refractivity (Wildman–Crippen MR) is 51.1 cm³/mol. The second kappa shape index (κ2) is 4.07. The van der Waals surface area contributed by atoms with E-state index in [4.69, 9.17) is 10.4 Å². The quantitative estimate of drug-likeness (QED) is 0.552. The van der Waals surface area contributed by atoms with Gasteiger partial charge in [0.25, 0.3) is 0 Å². The molecule has 0 aliphatic heterocycles. The molecule has 0 aromatic heterocycles. The van der Waals surface area contributed by atoms with Crippen LogP contribution in [0.2, 0.25) is 0 Å². The highest BCUT2D eigenvalue weighted by atomic mass is 16.8. The molecule has 0 heterocycles. The van der Waals surface area contributed by atoms with Gasteiger partial charge in [0.1, 0.15) is 0 Å². The first kappa shape index (κ1) is 9.77. The summed E-state index contributed by atoms with van der Waals surface area (Å²) >= 11 is 0. The van der Waals surface area contributed by atoms with Crippen molar-refractivity contribution in [2.75, 3.05) is 5.23 Å². The average Bonchev–Trinajstić information content (AvgIpc) is 2.04. The van der Waals surface area contributed by atoms with E-state index in [0.29, 0.717) is 12.1 Å². The molecule has 0 unspecified atom stereocenters. The lowest BCUT2D eigenvalue weighted by atomic mass is 10.1. The number of benzene rings is 1. The molecule has 0 amide bonds. The van der Waals surface area contributed by atoms with Gasteiger partial charge in [0, 0.05) is 0 Å². The van der Waals surface area contributed by atoms with E-state index in [1.165, 1.54) is 0 Å². The molecule has 1 aromatic rings. The van der Waals surface area contributed by atoms with Gasteiger partial charge in [0.05, 0.1) is 5.69 Å². The first-order valence-electron chi connectivity index (χ1n) is 4.03. The van der Waals surface area contributed by atoms with Gasteiger partial charge in [-0.2, -0.15) is 0 Å². The fourth-order valence-corrected chi connectivity index (χ4v) is 1.23. The fraction of sp³-hybridized carbons (Fsp3) is 0.200. The van der Waals surface area contributed by atoms with Crippen LogP contribution >= 0.6 is 0 Å². The van der Waals surface area contributed by atoms with Crippen LogP contribution in [0.3, 0.4) is 0 Å². The van der Waals surface area contributed by atoms with E-state index in [-0.39, 0.29) is 5.23 Å². The predicted octanol–water partition coefficient (Wildman–Crippen LogP) is 2.31. The van der Waals surface area contributed by atoms with Gasteiger partial charge in [-0.15, -0.1) is 11.8 Å². The third kappa shape index (κ3) is 2.31. The van der Waals surface area contributed by atoms with E-state index in [2.05, 4.69) is 6.58 Å². The third-order valence-corrected chi connectivity index (χ3v) is 1.81. The molecule has 13 heavy (non-hydrogen) atoms. The minimum absolute atomic E-state index is 0.137. The normalized spacial score (nSPS) is 9.77. The molecule has 0 aliphatic carbocycles. The number of allylic oxidation sites excluding steroid dienone is 1. The molecule has 0 fully saturated rings. The summed E-state index contributed by atoms with van der Waals surface area (Å²) in [6.07, 6.45) is 2.34. The Morgan fingerprint density at radius 1 is 1.46 bits per heavy atom. The van der Waals surface area contributed by atoms with Gasteiger partial charge in [-0.3, -0.25) is 10.4 Å². The van der Waals surface area contributed by atoms with E-state index in [0.717, 1.165) is 11.1 Å². The van der Waals surface area contributed by atoms with Crippen LogP contribution in [0.1, 0.15) is 11.1 Å². The Labute approximate surface area is 77.5 Å². The van der Waals surface area contributed by atoms with E-state index < -0.39 is 0 Å². The van der Waals surface area contributed by atoms with Gasteiger partial charge >= 0.3 is 0 Å². The summed E-state index contributed by atoms with van der Waals surface area (Å²) in [5, 5.41) is 17.9. The highest BCUT2D eigenvalue weighted by molar-refractivity contribution is 5.51. The van der Waals surface area contributed by atoms with Crippen molar-refractivity contribution in [3.05, 3.63) is 42.0 Å². The number of aryl methyl sites for hydroxylation is 1. The van der Waals surface area contributed by atoms with Gasteiger partial charge in [0.15, 0.2) is 0 Å². The van der Waals surface area contributed by atoms with Crippen molar-refractivity contribution in [3.8, 4) is 0 Å². The molecular formula is C10H13NO2. The van der Waals surface area contributed by atoms with Crippen LogP contribution < -0.4 is 5.23 Å². The standard InChI is InChI=1S/C10H13NO2/c1-3-4-9-7-8(2)5-6-10(9)11(12)13/h3,5-7,12-13H,1,4H2,2H3. The average molecular weight is 179 g/mol. The zero-order valence-corrected chi connectivity index (χ0v) is 7.57. The summed E-state index contributed by atoms with van der Waals surface area (Å²) in [6, 6.07) is 5.38. The number of hydrogen-bond donors (Lipinski definition) is 2. The van der Waals surface area contributed by atoms with Crippen LogP contribution in [0.15, 0.2) is 30.9 Å². The molecule has 0 saturated heterocycles. The molecule has 0 atom stereocenters. The zero-order valence-electron chi connectivity index (χ0n) is 7.57. The van der Waals surface area contributed by atoms with Gasteiger partial charge in [-0.25, -0.2) is 0 Å². The highest BCUT2D eigenvalue weighted by Gasteiger charge is 2.05. The molecule has 0 radical (unpaired) electrons. The van der Waals surface area contributed by atoms with Gasteiger partial charge in [-0.1, -0.05) is 23.8 Å². The molecule has 0 spiro atoms. The Bertz CT molecular complexity index is 308. The first-order valence-corrected chi connectivity index (χ1v) is 4.03. The Hall–Kier alpha value is -1.32. The fourth-order valence-electron chi connectivity index (χ4n) is 1.23. The minimum atomic E-state index is 0.137. The maximum Gasteiger partial charge on any atom is 0.0978 e. The second-order valence-corrected chi connectivity index (χ2v) is 2.91. The maximum atomic E-state index is 8.88. The number of hydrogen-bond acceptors (Lipinski definition) is 3. The molecular weight excluding hydrogens is 166 g/mol. The highest BCUT2D eigenvalue weighted by Crippen LogP contribution is 2.20. The maximum absolute atomic E-state index is 8.88. The topological polar surface area (TPSA) is 43.7 Å². The first-order chi connectivity index (χ1) is 6.15. The zero-order chi connectivity index (χ0) is 9.84. The van der Waals surface area contributed by atoms with Crippen molar-refractivity contribution in [2.45, 2.75) is 13.3 Å². The van der Waals surface area contributed by atoms with Crippen LogP contribution in [0, 0.1) is 6.92 Å². The van der Waals surface area contributed by atoms with Crippen molar-refractivity contribution < 1.29 is 10.4 Å². The van der Waals surface area contributed by atoms with Crippen molar-refractivity contribution in [2.24, 2.45) is 0 Å². The summed E-state index contributed by atoms with van der Waals surface area (Å²) in [7, 11) is 0. The number of anilines is 1. The van der Waals surface area contributed by atoms with Crippen LogP contribution in [-0.2, 0) is 6.42 Å². The molecule has 3 heteroatoms. The Kier molecular flexibility index (Phi) is 3.06. The van der Waals surface area contributed by atoms with Gasteiger partial charge in [0.2, 0.25) is 0 Å². The lowest BCUT2D eigenvalue weighted by Gasteiger charge is -2.12. The van der Waals surface area contributed by atoms with E-state index in [9.17, 15) is 0 Å². The summed E-state index contributed by atoms with van der Waals surface area (Å²) < 4.78 is 0.